The molecule has 1 fully saturated rings. The lowest BCUT2D eigenvalue weighted by molar-refractivity contribution is 0.294. The van der Waals surface area contributed by atoms with Gasteiger partial charge in [0.1, 0.15) is 0 Å². The molecule has 1 aliphatic rings. The summed E-state index contributed by atoms with van der Waals surface area (Å²) < 4.78 is 0. The highest BCUT2D eigenvalue weighted by Crippen LogP contribution is 2.24. The minimum Gasteiger partial charge on any atom is -0.316 e. The predicted octanol–water partition coefficient (Wildman–Crippen LogP) is 2.28. The molecule has 0 saturated carbocycles. The molecule has 1 atom stereocenters. The van der Waals surface area contributed by atoms with Gasteiger partial charge in [0.2, 0.25) is 0 Å². The van der Waals surface area contributed by atoms with Crippen LogP contribution in [0, 0.1) is 11.8 Å². The molecule has 2 rings (SSSR count). The highest BCUT2D eigenvalue weighted by atomic mass is 15.1. The monoisotopic (exact) mass is 247 g/mol. The molecule has 0 amide bonds. The lowest BCUT2D eigenvalue weighted by Gasteiger charge is -2.17. The first kappa shape index (κ1) is 13.5. The second-order valence-corrected chi connectivity index (χ2v) is 5.72. The van der Waals surface area contributed by atoms with Gasteiger partial charge in [0.05, 0.1) is 5.69 Å². The summed E-state index contributed by atoms with van der Waals surface area (Å²) in [5.41, 5.74) is 2.45. The Labute approximate surface area is 111 Å². The summed E-state index contributed by atoms with van der Waals surface area (Å²) >= 11 is 0. The fraction of sp³-hybridized carbons (Fsp3) is 0.667. The van der Waals surface area contributed by atoms with Crippen molar-refractivity contribution in [1.29, 1.82) is 0 Å². The number of nitrogens with one attached hydrogen (secondary N) is 1. The van der Waals surface area contributed by atoms with Crippen LogP contribution in [0.2, 0.25) is 0 Å². The number of rotatable bonds is 5. The van der Waals surface area contributed by atoms with Gasteiger partial charge in [0, 0.05) is 25.8 Å². The van der Waals surface area contributed by atoms with E-state index in [1.807, 2.05) is 13.2 Å². The van der Waals surface area contributed by atoms with Gasteiger partial charge in [0.25, 0.3) is 0 Å². The number of aromatic nitrogens is 1. The molecule has 1 unspecified atom stereocenters. The van der Waals surface area contributed by atoms with Gasteiger partial charge in [-0.3, -0.25) is 9.88 Å². The Balaban J connectivity index is 1.86. The molecule has 1 N–H and O–H groups in total. The van der Waals surface area contributed by atoms with Crippen LogP contribution >= 0.6 is 0 Å². The quantitative estimate of drug-likeness (QED) is 0.865. The lowest BCUT2D eigenvalue weighted by atomic mass is 9.95. The van der Waals surface area contributed by atoms with Crippen LogP contribution in [0.5, 0.6) is 0 Å². The maximum absolute atomic E-state index is 4.55. The van der Waals surface area contributed by atoms with Gasteiger partial charge in [-0.2, -0.15) is 0 Å². The molecule has 1 aliphatic heterocycles. The van der Waals surface area contributed by atoms with Crippen molar-refractivity contribution in [2.24, 2.45) is 11.8 Å². The van der Waals surface area contributed by atoms with Crippen molar-refractivity contribution in [2.75, 3.05) is 20.1 Å². The Bertz CT molecular complexity index is 359. The largest absolute Gasteiger partial charge is 0.316 e. The van der Waals surface area contributed by atoms with Crippen molar-refractivity contribution in [1.82, 2.24) is 15.2 Å². The van der Waals surface area contributed by atoms with Gasteiger partial charge < -0.3 is 5.32 Å². The summed E-state index contributed by atoms with van der Waals surface area (Å²) in [5, 5.41) is 3.14. The molecule has 18 heavy (non-hydrogen) atoms. The second kappa shape index (κ2) is 6.30. The number of pyridine rings is 1. The topological polar surface area (TPSA) is 28.2 Å². The highest BCUT2D eigenvalue weighted by Gasteiger charge is 2.24. The van der Waals surface area contributed by atoms with Crippen molar-refractivity contribution < 1.29 is 0 Å². The molecule has 0 spiro atoms. The highest BCUT2D eigenvalue weighted by molar-refractivity contribution is 5.14. The van der Waals surface area contributed by atoms with Crippen molar-refractivity contribution in [3.8, 4) is 0 Å². The zero-order chi connectivity index (χ0) is 13.0. The zero-order valence-corrected chi connectivity index (χ0v) is 11.8. The van der Waals surface area contributed by atoms with Crippen LogP contribution in [0.25, 0.3) is 0 Å². The minimum atomic E-state index is 0.806. The zero-order valence-electron chi connectivity index (χ0n) is 11.8. The van der Waals surface area contributed by atoms with E-state index in [2.05, 4.69) is 41.2 Å². The summed E-state index contributed by atoms with van der Waals surface area (Å²) in [7, 11) is 1.96. The summed E-state index contributed by atoms with van der Waals surface area (Å²) in [6, 6.07) is 4.34. The summed E-state index contributed by atoms with van der Waals surface area (Å²) in [6.07, 6.45) is 3.33. The number of likely N-dealkylation sites (tertiary alicyclic amines) is 1. The second-order valence-electron chi connectivity index (χ2n) is 5.72. The number of hydrogen-bond donors (Lipinski definition) is 1. The Morgan fingerprint density at radius 1 is 1.44 bits per heavy atom. The van der Waals surface area contributed by atoms with E-state index in [1.165, 1.54) is 30.8 Å². The Morgan fingerprint density at radius 3 is 2.83 bits per heavy atom. The van der Waals surface area contributed by atoms with Crippen LogP contribution in [0.1, 0.15) is 31.5 Å². The summed E-state index contributed by atoms with van der Waals surface area (Å²) in [5.74, 6) is 1.68. The molecular formula is C15H25N3. The molecule has 1 aromatic heterocycles. The van der Waals surface area contributed by atoms with E-state index < -0.39 is 0 Å². The standard InChI is InChI=1S/C15H25N3/c1-12(2)14-6-7-18(10-14)11-15-5-4-13(8-16-3)9-17-15/h4-5,9,12,14,16H,6-8,10-11H2,1-3H3. The van der Waals surface area contributed by atoms with E-state index >= 15 is 0 Å². The molecule has 0 radical (unpaired) electrons. The normalized spacial score (nSPS) is 20.8. The molecule has 1 aromatic rings. The summed E-state index contributed by atoms with van der Waals surface area (Å²) in [6.45, 7) is 9.02. The van der Waals surface area contributed by atoms with Crippen LogP contribution in [-0.4, -0.2) is 30.0 Å². The Hall–Kier alpha value is -0.930. The number of nitrogens with zero attached hydrogens (tertiary/aromatic N) is 2. The molecule has 0 aliphatic carbocycles. The summed E-state index contributed by atoms with van der Waals surface area (Å²) in [4.78, 5) is 7.08. The van der Waals surface area contributed by atoms with E-state index in [0.29, 0.717) is 0 Å². The van der Waals surface area contributed by atoms with E-state index in [1.54, 1.807) is 0 Å². The minimum absolute atomic E-state index is 0.806. The van der Waals surface area contributed by atoms with E-state index in [0.717, 1.165) is 24.9 Å². The third-order valence-corrected chi connectivity index (χ3v) is 3.90. The van der Waals surface area contributed by atoms with Crippen molar-refractivity contribution in [2.45, 2.75) is 33.4 Å². The average Bonchev–Trinajstić information content (AvgIpc) is 2.81. The molecule has 2 heterocycles. The first-order valence-electron chi connectivity index (χ1n) is 7.00. The predicted molar refractivity (Wildman–Crippen MR) is 75.2 cm³/mol. The average molecular weight is 247 g/mol. The smallest absolute Gasteiger partial charge is 0.0544 e. The van der Waals surface area contributed by atoms with Gasteiger partial charge in [-0.15, -0.1) is 0 Å². The van der Waals surface area contributed by atoms with E-state index in [4.69, 9.17) is 0 Å². The molecule has 3 nitrogen and oxygen atoms in total. The first-order valence-corrected chi connectivity index (χ1v) is 7.00. The van der Waals surface area contributed by atoms with Crippen molar-refractivity contribution in [3.63, 3.8) is 0 Å². The molecule has 100 valence electrons. The van der Waals surface area contributed by atoms with Crippen LogP contribution in [0.15, 0.2) is 18.3 Å². The van der Waals surface area contributed by atoms with Crippen molar-refractivity contribution in [3.05, 3.63) is 29.6 Å². The fourth-order valence-electron chi connectivity index (χ4n) is 2.64. The first-order chi connectivity index (χ1) is 8.69. The SMILES string of the molecule is CNCc1ccc(CN2CCC(C(C)C)C2)nc1. The van der Waals surface area contributed by atoms with Crippen LogP contribution < -0.4 is 5.32 Å². The molecule has 0 bridgehead atoms. The van der Waals surface area contributed by atoms with Crippen LogP contribution in [0.3, 0.4) is 0 Å². The Morgan fingerprint density at radius 2 is 2.28 bits per heavy atom. The molecule has 1 saturated heterocycles. The molecular weight excluding hydrogens is 222 g/mol. The molecule has 3 heteroatoms. The molecule has 0 aromatic carbocycles. The van der Waals surface area contributed by atoms with Gasteiger partial charge in [-0.05, 0) is 43.5 Å². The van der Waals surface area contributed by atoms with Crippen molar-refractivity contribution >= 4 is 0 Å². The third-order valence-electron chi connectivity index (χ3n) is 3.90. The lowest BCUT2D eigenvalue weighted by Crippen LogP contribution is -2.22. The third kappa shape index (κ3) is 3.53. The number of hydrogen-bond acceptors (Lipinski definition) is 3. The van der Waals surface area contributed by atoms with Gasteiger partial charge in [-0.1, -0.05) is 19.9 Å². The van der Waals surface area contributed by atoms with Gasteiger partial charge in [0.15, 0.2) is 0 Å². The van der Waals surface area contributed by atoms with Gasteiger partial charge >= 0.3 is 0 Å². The van der Waals surface area contributed by atoms with E-state index in [-0.39, 0.29) is 0 Å². The maximum atomic E-state index is 4.55. The van der Waals surface area contributed by atoms with Crippen LogP contribution in [0.4, 0.5) is 0 Å². The maximum Gasteiger partial charge on any atom is 0.0544 e. The van der Waals surface area contributed by atoms with Crippen LogP contribution in [-0.2, 0) is 13.1 Å². The van der Waals surface area contributed by atoms with Gasteiger partial charge in [-0.25, -0.2) is 0 Å². The van der Waals surface area contributed by atoms with E-state index in [9.17, 15) is 0 Å². The Kier molecular flexibility index (Phi) is 4.72. The fourth-order valence-corrected chi connectivity index (χ4v) is 2.64.